The van der Waals surface area contributed by atoms with Gasteiger partial charge in [-0.05, 0) is 67.3 Å². The minimum Gasteiger partial charge on any atom is -0.334 e. The minimum absolute atomic E-state index is 0.00109. The van der Waals surface area contributed by atoms with Crippen LogP contribution in [0, 0.1) is 17.2 Å². The first-order valence-corrected chi connectivity index (χ1v) is 11.9. The quantitative estimate of drug-likeness (QED) is 0.674. The Morgan fingerprint density at radius 2 is 1.94 bits per heavy atom. The van der Waals surface area contributed by atoms with Crippen LogP contribution in [0.25, 0.3) is 0 Å². The van der Waals surface area contributed by atoms with Crippen molar-refractivity contribution in [3.63, 3.8) is 0 Å². The van der Waals surface area contributed by atoms with E-state index in [-0.39, 0.29) is 24.4 Å². The van der Waals surface area contributed by atoms with Crippen LogP contribution in [0.5, 0.6) is 0 Å². The van der Waals surface area contributed by atoms with E-state index in [0.717, 1.165) is 40.9 Å². The molecule has 1 saturated heterocycles. The van der Waals surface area contributed by atoms with Crippen molar-refractivity contribution in [3.05, 3.63) is 70.8 Å². The second kappa shape index (κ2) is 8.60. The third kappa shape index (κ3) is 3.63. The van der Waals surface area contributed by atoms with Gasteiger partial charge in [-0.15, -0.1) is 0 Å². The Labute approximate surface area is 199 Å². The van der Waals surface area contributed by atoms with Crippen molar-refractivity contribution in [1.82, 2.24) is 15.1 Å². The van der Waals surface area contributed by atoms with Crippen molar-refractivity contribution in [1.29, 1.82) is 5.26 Å². The number of hydrogen-bond donors (Lipinski definition) is 1. The number of imide groups is 1. The predicted molar refractivity (Wildman–Crippen MR) is 125 cm³/mol. The van der Waals surface area contributed by atoms with Crippen LogP contribution in [-0.2, 0) is 28.1 Å². The number of fused-ring (bicyclic) bond motifs is 2. The zero-order valence-electron chi connectivity index (χ0n) is 19.3. The Morgan fingerprint density at radius 3 is 2.62 bits per heavy atom. The number of urea groups is 1. The van der Waals surface area contributed by atoms with E-state index in [1.165, 1.54) is 0 Å². The number of nitrogens with zero attached hydrogens (tertiary/aromatic N) is 3. The van der Waals surface area contributed by atoms with Crippen molar-refractivity contribution >= 4 is 17.8 Å². The Bertz CT molecular complexity index is 1180. The number of carbonyl (C=O) groups excluding carboxylic acids is 3. The van der Waals surface area contributed by atoms with Crippen molar-refractivity contribution in [2.24, 2.45) is 5.92 Å². The zero-order chi connectivity index (χ0) is 23.9. The topological polar surface area (TPSA) is 93.5 Å². The highest BCUT2D eigenvalue weighted by atomic mass is 16.2. The average molecular weight is 457 g/mol. The molecule has 7 heteroatoms. The van der Waals surface area contributed by atoms with Crippen LogP contribution < -0.4 is 5.32 Å². The lowest BCUT2D eigenvalue weighted by Crippen LogP contribution is -2.49. The summed E-state index contributed by atoms with van der Waals surface area (Å²) in [6, 6.07) is 16.5. The van der Waals surface area contributed by atoms with E-state index >= 15 is 0 Å². The number of rotatable bonds is 6. The fraction of sp³-hybridized carbons (Fsp3) is 0.407. The molecule has 7 nitrogen and oxygen atoms in total. The smallest absolute Gasteiger partial charge is 0.325 e. The molecule has 2 aromatic rings. The van der Waals surface area contributed by atoms with E-state index in [9.17, 15) is 14.4 Å². The van der Waals surface area contributed by atoms with Gasteiger partial charge in [0, 0.05) is 12.6 Å². The lowest BCUT2D eigenvalue weighted by molar-refractivity contribution is -0.142. The van der Waals surface area contributed by atoms with Gasteiger partial charge in [0.2, 0.25) is 5.91 Å². The van der Waals surface area contributed by atoms with Crippen molar-refractivity contribution in [2.45, 2.75) is 57.2 Å². The van der Waals surface area contributed by atoms with Gasteiger partial charge >= 0.3 is 6.03 Å². The molecule has 2 aliphatic carbocycles. The SMILES string of the molecule is C[C@@H](C1CCC1)N(Cc1ccc(C#N)cc1)C(=O)CN1C(=O)N[C@]2(CCc3ccccc32)C1=O. The molecule has 0 bridgehead atoms. The second-order valence-corrected chi connectivity index (χ2v) is 9.65. The molecule has 1 N–H and O–H groups in total. The van der Waals surface area contributed by atoms with Gasteiger partial charge in [0.25, 0.3) is 5.91 Å². The molecule has 2 aromatic carbocycles. The van der Waals surface area contributed by atoms with Gasteiger partial charge in [-0.3, -0.25) is 14.5 Å². The Kier molecular flexibility index (Phi) is 5.60. The highest BCUT2D eigenvalue weighted by Gasteiger charge is 2.55. The third-order valence-electron chi connectivity index (χ3n) is 7.80. The standard InChI is InChI=1S/C27H28N4O3/c1-18(21-6-4-7-21)30(16-20-11-9-19(15-28)10-12-20)24(32)17-31-25(33)27(29-26(31)34)14-13-22-5-2-3-8-23(22)27/h2-3,5,8-12,18,21H,4,6-7,13-14,16-17H2,1H3,(H,29,34)/t18-,27-/m0/s1. The molecule has 1 saturated carbocycles. The maximum atomic E-state index is 13.6. The Morgan fingerprint density at radius 1 is 1.21 bits per heavy atom. The molecular formula is C27H28N4O3. The molecule has 4 amide bonds. The Hall–Kier alpha value is -3.66. The highest BCUT2D eigenvalue weighted by molar-refractivity contribution is 6.09. The molecule has 2 fully saturated rings. The minimum atomic E-state index is -1.06. The summed E-state index contributed by atoms with van der Waals surface area (Å²) in [4.78, 5) is 42.8. The summed E-state index contributed by atoms with van der Waals surface area (Å²) in [5, 5.41) is 12.0. The zero-order valence-corrected chi connectivity index (χ0v) is 19.3. The molecule has 1 heterocycles. The van der Waals surface area contributed by atoms with Crippen LogP contribution >= 0.6 is 0 Å². The van der Waals surface area contributed by atoms with Gasteiger partial charge in [-0.2, -0.15) is 5.26 Å². The summed E-state index contributed by atoms with van der Waals surface area (Å²) in [5.41, 5.74) is 2.31. The molecule has 1 aliphatic heterocycles. The van der Waals surface area contributed by atoms with Gasteiger partial charge in [0.05, 0.1) is 11.6 Å². The van der Waals surface area contributed by atoms with Crippen LogP contribution in [0.1, 0.15) is 54.9 Å². The molecule has 0 radical (unpaired) electrons. The van der Waals surface area contributed by atoms with Crippen LogP contribution in [0.3, 0.4) is 0 Å². The van der Waals surface area contributed by atoms with E-state index in [2.05, 4.69) is 11.4 Å². The maximum absolute atomic E-state index is 13.6. The van der Waals surface area contributed by atoms with E-state index in [1.54, 1.807) is 17.0 Å². The molecule has 3 aliphatic rings. The van der Waals surface area contributed by atoms with Crippen LogP contribution in [0.15, 0.2) is 48.5 Å². The number of aryl methyl sites for hydroxylation is 1. The lowest BCUT2D eigenvalue weighted by atomic mass is 9.79. The molecule has 2 atom stereocenters. The molecule has 1 spiro atoms. The number of amides is 4. The van der Waals surface area contributed by atoms with E-state index in [1.807, 2.05) is 43.3 Å². The van der Waals surface area contributed by atoms with Crippen molar-refractivity contribution in [3.8, 4) is 6.07 Å². The van der Waals surface area contributed by atoms with Crippen LogP contribution in [0.4, 0.5) is 4.79 Å². The lowest BCUT2D eigenvalue weighted by Gasteiger charge is -2.39. The molecule has 174 valence electrons. The second-order valence-electron chi connectivity index (χ2n) is 9.65. The van der Waals surface area contributed by atoms with Gasteiger partial charge < -0.3 is 10.2 Å². The van der Waals surface area contributed by atoms with E-state index in [4.69, 9.17) is 5.26 Å². The summed E-state index contributed by atoms with van der Waals surface area (Å²) in [6.45, 7) is 2.15. The number of benzene rings is 2. The first-order valence-electron chi connectivity index (χ1n) is 11.9. The van der Waals surface area contributed by atoms with E-state index < -0.39 is 11.6 Å². The highest BCUT2D eigenvalue weighted by Crippen LogP contribution is 2.41. The van der Waals surface area contributed by atoms with Gasteiger partial charge in [0.15, 0.2) is 0 Å². The number of hydrogen-bond acceptors (Lipinski definition) is 4. The molecule has 5 rings (SSSR count). The van der Waals surface area contributed by atoms with Gasteiger partial charge in [-0.1, -0.05) is 42.8 Å². The van der Waals surface area contributed by atoms with Crippen LogP contribution in [0.2, 0.25) is 0 Å². The van der Waals surface area contributed by atoms with Crippen molar-refractivity contribution < 1.29 is 14.4 Å². The average Bonchev–Trinajstić information content (AvgIpc) is 3.29. The van der Waals surface area contributed by atoms with Gasteiger partial charge in [-0.25, -0.2) is 4.79 Å². The van der Waals surface area contributed by atoms with Crippen LogP contribution in [-0.4, -0.2) is 40.2 Å². The first kappa shape index (κ1) is 22.1. The number of nitrogens with one attached hydrogen (secondary N) is 1. The molecule has 34 heavy (non-hydrogen) atoms. The molecular weight excluding hydrogens is 428 g/mol. The fourth-order valence-electron chi connectivity index (χ4n) is 5.48. The largest absolute Gasteiger partial charge is 0.334 e. The maximum Gasteiger partial charge on any atom is 0.325 e. The normalized spacial score (nSPS) is 22.2. The summed E-state index contributed by atoms with van der Waals surface area (Å²) >= 11 is 0. The van der Waals surface area contributed by atoms with E-state index in [0.29, 0.717) is 30.9 Å². The first-order chi connectivity index (χ1) is 16.4. The number of nitriles is 1. The fourth-order valence-corrected chi connectivity index (χ4v) is 5.48. The third-order valence-corrected chi connectivity index (χ3v) is 7.80. The summed E-state index contributed by atoms with van der Waals surface area (Å²) in [5.74, 6) is -0.167. The molecule has 0 aromatic heterocycles. The van der Waals surface area contributed by atoms with Crippen molar-refractivity contribution in [2.75, 3.05) is 6.54 Å². The summed E-state index contributed by atoms with van der Waals surface area (Å²) in [7, 11) is 0. The molecule has 0 unspecified atom stereocenters. The Balaban J connectivity index is 1.37. The van der Waals surface area contributed by atoms with Gasteiger partial charge in [0.1, 0.15) is 12.1 Å². The summed E-state index contributed by atoms with van der Waals surface area (Å²) < 4.78 is 0. The summed E-state index contributed by atoms with van der Waals surface area (Å²) in [6.07, 6.45) is 4.52. The monoisotopic (exact) mass is 456 g/mol. The number of carbonyl (C=O) groups is 3. The predicted octanol–water partition coefficient (Wildman–Crippen LogP) is 3.47.